The average molecular weight is 290 g/mol. The molecule has 1 saturated heterocycles. The van der Waals surface area contributed by atoms with E-state index in [0.717, 1.165) is 24.9 Å². The van der Waals surface area contributed by atoms with Crippen molar-refractivity contribution in [3.8, 4) is 0 Å². The van der Waals surface area contributed by atoms with Crippen LogP contribution in [0.5, 0.6) is 0 Å². The molecule has 1 aromatic rings. The van der Waals surface area contributed by atoms with Crippen LogP contribution in [0.25, 0.3) is 0 Å². The van der Waals surface area contributed by atoms with Crippen molar-refractivity contribution in [3.63, 3.8) is 0 Å². The molecule has 0 saturated carbocycles. The molecule has 1 fully saturated rings. The van der Waals surface area contributed by atoms with Gasteiger partial charge in [0.15, 0.2) is 0 Å². The lowest BCUT2D eigenvalue weighted by Crippen LogP contribution is -2.31. The summed E-state index contributed by atoms with van der Waals surface area (Å²) in [6.07, 6.45) is 1.46. The van der Waals surface area contributed by atoms with Gasteiger partial charge in [0.1, 0.15) is 0 Å². The van der Waals surface area contributed by atoms with Gasteiger partial charge in [0.2, 0.25) is 5.91 Å². The standard InChI is InChI=1S/C16H22N2O3/c1-11(2)21-16(20)18-7-6-13(10-18)8-12-4-3-5-14(9-12)15(17)19/h3-5,9,11,13H,6-8,10H2,1-2H3,(H2,17,19)/t13-/m1/s1. The molecule has 0 bridgehead atoms. The largest absolute Gasteiger partial charge is 0.447 e. The molecular weight excluding hydrogens is 268 g/mol. The van der Waals surface area contributed by atoms with Crippen molar-refractivity contribution >= 4 is 12.0 Å². The van der Waals surface area contributed by atoms with Gasteiger partial charge < -0.3 is 15.4 Å². The highest BCUT2D eigenvalue weighted by Gasteiger charge is 2.27. The number of ether oxygens (including phenoxy) is 1. The predicted octanol–water partition coefficient (Wildman–Crippen LogP) is 2.19. The SMILES string of the molecule is CC(C)OC(=O)N1CC[C@H](Cc2cccc(C(N)=O)c2)C1. The number of carbonyl (C=O) groups excluding carboxylic acids is 2. The third-order valence-corrected chi connectivity index (χ3v) is 3.62. The third kappa shape index (κ3) is 4.21. The molecule has 2 rings (SSSR count). The van der Waals surface area contributed by atoms with E-state index < -0.39 is 5.91 Å². The van der Waals surface area contributed by atoms with Crippen LogP contribution in [-0.4, -0.2) is 36.1 Å². The first-order valence-corrected chi connectivity index (χ1v) is 7.30. The predicted molar refractivity (Wildman–Crippen MR) is 80.0 cm³/mol. The quantitative estimate of drug-likeness (QED) is 0.924. The maximum atomic E-state index is 11.8. The van der Waals surface area contributed by atoms with E-state index in [-0.39, 0.29) is 12.2 Å². The number of rotatable bonds is 4. The molecule has 114 valence electrons. The van der Waals surface area contributed by atoms with E-state index in [1.165, 1.54) is 0 Å². The Labute approximate surface area is 125 Å². The van der Waals surface area contributed by atoms with Crippen LogP contribution < -0.4 is 5.73 Å². The fourth-order valence-corrected chi connectivity index (χ4v) is 2.63. The van der Waals surface area contributed by atoms with E-state index in [0.29, 0.717) is 18.0 Å². The second-order valence-electron chi connectivity index (χ2n) is 5.80. The number of likely N-dealkylation sites (tertiary alicyclic amines) is 1. The molecule has 1 heterocycles. The lowest BCUT2D eigenvalue weighted by Gasteiger charge is -2.18. The van der Waals surface area contributed by atoms with Crippen LogP contribution in [-0.2, 0) is 11.2 Å². The van der Waals surface area contributed by atoms with Gasteiger partial charge in [0.25, 0.3) is 0 Å². The molecule has 1 aliphatic rings. The number of carbonyl (C=O) groups is 2. The fraction of sp³-hybridized carbons (Fsp3) is 0.500. The van der Waals surface area contributed by atoms with Crippen LogP contribution in [0, 0.1) is 5.92 Å². The Morgan fingerprint density at radius 2 is 2.19 bits per heavy atom. The molecule has 0 spiro atoms. The van der Waals surface area contributed by atoms with Crippen LogP contribution in [0.4, 0.5) is 4.79 Å². The van der Waals surface area contributed by atoms with Gasteiger partial charge in [-0.25, -0.2) is 4.79 Å². The maximum Gasteiger partial charge on any atom is 0.410 e. The molecule has 0 aliphatic carbocycles. The molecule has 0 radical (unpaired) electrons. The molecule has 21 heavy (non-hydrogen) atoms. The summed E-state index contributed by atoms with van der Waals surface area (Å²) in [5.74, 6) is -0.0155. The summed E-state index contributed by atoms with van der Waals surface area (Å²) in [5.41, 5.74) is 6.90. The third-order valence-electron chi connectivity index (χ3n) is 3.62. The monoisotopic (exact) mass is 290 g/mol. The fourth-order valence-electron chi connectivity index (χ4n) is 2.63. The molecule has 1 aliphatic heterocycles. The average Bonchev–Trinajstić information content (AvgIpc) is 2.87. The molecule has 2 N–H and O–H groups in total. The van der Waals surface area contributed by atoms with Crippen LogP contribution >= 0.6 is 0 Å². The second kappa shape index (κ2) is 6.61. The van der Waals surface area contributed by atoms with Crippen LogP contribution in [0.3, 0.4) is 0 Å². The van der Waals surface area contributed by atoms with Crippen molar-refractivity contribution in [2.45, 2.75) is 32.8 Å². The zero-order chi connectivity index (χ0) is 15.4. The Morgan fingerprint density at radius 3 is 2.86 bits per heavy atom. The van der Waals surface area contributed by atoms with E-state index >= 15 is 0 Å². The van der Waals surface area contributed by atoms with Crippen molar-refractivity contribution in [3.05, 3.63) is 35.4 Å². The van der Waals surface area contributed by atoms with Gasteiger partial charge in [-0.15, -0.1) is 0 Å². The minimum atomic E-state index is -0.412. The van der Waals surface area contributed by atoms with E-state index in [2.05, 4.69) is 0 Å². The van der Waals surface area contributed by atoms with Gasteiger partial charge in [0, 0.05) is 18.7 Å². The van der Waals surface area contributed by atoms with Crippen molar-refractivity contribution in [1.29, 1.82) is 0 Å². The van der Waals surface area contributed by atoms with E-state index in [4.69, 9.17) is 10.5 Å². The molecular formula is C16H22N2O3. The summed E-state index contributed by atoms with van der Waals surface area (Å²) < 4.78 is 5.21. The Kier molecular flexibility index (Phi) is 4.83. The second-order valence-corrected chi connectivity index (χ2v) is 5.80. The van der Waals surface area contributed by atoms with Crippen molar-refractivity contribution < 1.29 is 14.3 Å². The van der Waals surface area contributed by atoms with Crippen molar-refractivity contribution in [2.24, 2.45) is 11.7 Å². The molecule has 2 amide bonds. The lowest BCUT2D eigenvalue weighted by molar-refractivity contribution is 0.0825. The summed E-state index contributed by atoms with van der Waals surface area (Å²) in [6.45, 7) is 5.12. The minimum Gasteiger partial charge on any atom is -0.447 e. The number of hydrogen-bond acceptors (Lipinski definition) is 3. The minimum absolute atomic E-state index is 0.0937. The first kappa shape index (κ1) is 15.4. The number of amides is 2. The highest BCUT2D eigenvalue weighted by Crippen LogP contribution is 2.22. The maximum absolute atomic E-state index is 11.8. The van der Waals surface area contributed by atoms with Gasteiger partial charge in [-0.05, 0) is 50.3 Å². The van der Waals surface area contributed by atoms with E-state index in [9.17, 15) is 9.59 Å². The molecule has 0 unspecified atom stereocenters. The molecule has 5 heteroatoms. The normalized spacial score (nSPS) is 18.0. The molecule has 1 atom stereocenters. The first-order valence-electron chi connectivity index (χ1n) is 7.30. The first-order chi connectivity index (χ1) is 9.95. The van der Waals surface area contributed by atoms with Gasteiger partial charge >= 0.3 is 6.09 Å². The summed E-state index contributed by atoms with van der Waals surface area (Å²) in [7, 11) is 0. The van der Waals surface area contributed by atoms with Crippen LogP contribution in [0.2, 0.25) is 0 Å². The number of nitrogens with zero attached hydrogens (tertiary/aromatic N) is 1. The number of hydrogen-bond donors (Lipinski definition) is 1. The Bertz CT molecular complexity index is 528. The smallest absolute Gasteiger partial charge is 0.410 e. The van der Waals surface area contributed by atoms with Gasteiger partial charge in [-0.3, -0.25) is 4.79 Å². The summed E-state index contributed by atoms with van der Waals surface area (Å²) in [5, 5.41) is 0. The Morgan fingerprint density at radius 1 is 1.43 bits per heavy atom. The Balaban J connectivity index is 1.92. The van der Waals surface area contributed by atoms with E-state index in [1.54, 1.807) is 11.0 Å². The highest BCUT2D eigenvalue weighted by atomic mass is 16.6. The van der Waals surface area contributed by atoms with Gasteiger partial charge in [-0.2, -0.15) is 0 Å². The number of benzene rings is 1. The summed E-state index contributed by atoms with van der Waals surface area (Å²) in [6, 6.07) is 7.38. The topological polar surface area (TPSA) is 72.6 Å². The van der Waals surface area contributed by atoms with Gasteiger partial charge in [-0.1, -0.05) is 12.1 Å². The molecule has 1 aromatic carbocycles. The van der Waals surface area contributed by atoms with E-state index in [1.807, 2.05) is 32.0 Å². The lowest BCUT2D eigenvalue weighted by atomic mass is 9.97. The van der Waals surface area contributed by atoms with Crippen LogP contribution in [0.1, 0.15) is 36.2 Å². The van der Waals surface area contributed by atoms with Crippen molar-refractivity contribution in [1.82, 2.24) is 4.90 Å². The molecule has 0 aromatic heterocycles. The number of primary amides is 1. The highest BCUT2D eigenvalue weighted by molar-refractivity contribution is 5.92. The number of nitrogens with two attached hydrogens (primary N) is 1. The van der Waals surface area contributed by atoms with Gasteiger partial charge in [0.05, 0.1) is 6.10 Å². The van der Waals surface area contributed by atoms with Crippen molar-refractivity contribution in [2.75, 3.05) is 13.1 Å². The Hall–Kier alpha value is -2.04. The molecule has 5 nitrogen and oxygen atoms in total. The zero-order valence-corrected chi connectivity index (χ0v) is 12.5. The summed E-state index contributed by atoms with van der Waals surface area (Å²) in [4.78, 5) is 24.8. The zero-order valence-electron chi connectivity index (χ0n) is 12.5. The van der Waals surface area contributed by atoms with Crippen LogP contribution in [0.15, 0.2) is 24.3 Å². The summed E-state index contributed by atoms with van der Waals surface area (Å²) >= 11 is 0.